The van der Waals surface area contributed by atoms with Gasteiger partial charge in [0.1, 0.15) is 6.61 Å². The molecule has 0 aromatic carbocycles. The molecule has 0 N–H and O–H groups in total. The topological polar surface area (TPSA) is 54.6 Å². The molecule has 1 atom stereocenters. The van der Waals surface area contributed by atoms with Crippen LogP contribution in [0.25, 0.3) is 0 Å². The first-order chi connectivity index (χ1) is 9.72. The van der Waals surface area contributed by atoms with Crippen molar-refractivity contribution in [3.05, 3.63) is 11.7 Å². The number of aromatic nitrogens is 2. The summed E-state index contributed by atoms with van der Waals surface area (Å²) < 4.78 is 10.2. The zero-order valence-corrected chi connectivity index (χ0v) is 12.8. The van der Waals surface area contributed by atoms with Gasteiger partial charge < -0.3 is 9.26 Å². The molecule has 0 unspecified atom stereocenters. The Morgan fingerprint density at radius 1 is 1.30 bits per heavy atom. The smallest absolute Gasteiger partial charge is 0.240 e. The Labute approximate surface area is 121 Å². The van der Waals surface area contributed by atoms with Gasteiger partial charge in [0.25, 0.3) is 0 Å². The van der Waals surface area contributed by atoms with E-state index in [1.54, 1.807) is 7.11 Å². The maximum Gasteiger partial charge on any atom is 0.240 e. The molecule has 1 fully saturated rings. The molecule has 6 nitrogen and oxygen atoms in total. The molecule has 0 spiro atoms. The molecule has 1 aliphatic rings. The van der Waals surface area contributed by atoms with Gasteiger partial charge in [0.15, 0.2) is 5.82 Å². The van der Waals surface area contributed by atoms with E-state index in [2.05, 4.69) is 33.8 Å². The van der Waals surface area contributed by atoms with Gasteiger partial charge in [-0.2, -0.15) is 4.98 Å². The summed E-state index contributed by atoms with van der Waals surface area (Å²) in [5.41, 5.74) is 0. The van der Waals surface area contributed by atoms with Gasteiger partial charge in [0, 0.05) is 39.3 Å². The maximum absolute atomic E-state index is 5.24. The molecule has 2 rings (SSSR count). The second-order valence-corrected chi connectivity index (χ2v) is 5.49. The third-order valence-corrected chi connectivity index (χ3v) is 3.88. The van der Waals surface area contributed by atoms with Crippen molar-refractivity contribution in [2.45, 2.75) is 45.9 Å². The number of hydrogen-bond acceptors (Lipinski definition) is 6. The molecule has 114 valence electrons. The SMILES string of the molecule is CCC[C@H](C)N1CCN(Cc2nc(COC)no2)CC1. The van der Waals surface area contributed by atoms with E-state index in [0.717, 1.165) is 32.7 Å². The van der Waals surface area contributed by atoms with Crippen molar-refractivity contribution in [3.63, 3.8) is 0 Å². The van der Waals surface area contributed by atoms with Crippen molar-refractivity contribution in [1.29, 1.82) is 0 Å². The molecule has 1 aliphatic heterocycles. The van der Waals surface area contributed by atoms with Crippen LogP contribution in [0, 0.1) is 0 Å². The third kappa shape index (κ3) is 4.26. The van der Waals surface area contributed by atoms with Gasteiger partial charge >= 0.3 is 0 Å². The van der Waals surface area contributed by atoms with E-state index in [0.29, 0.717) is 24.4 Å². The minimum atomic E-state index is 0.409. The first-order valence-corrected chi connectivity index (χ1v) is 7.49. The largest absolute Gasteiger partial charge is 0.377 e. The van der Waals surface area contributed by atoms with Gasteiger partial charge in [-0.05, 0) is 13.3 Å². The zero-order valence-electron chi connectivity index (χ0n) is 12.8. The molecule has 0 aliphatic carbocycles. The summed E-state index contributed by atoms with van der Waals surface area (Å²) in [5.74, 6) is 1.31. The Kier molecular flexibility index (Phi) is 5.94. The third-order valence-electron chi connectivity index (χ3n) is 3.88. The quantitative estimate of drug-likeness (QED) is 0.756. The lowest BCUT2D eigenvalue weighted by atomic mass is 10.1. The summed E-state index contributed by atoms with van der Waals surface area (Å²) in [6.07, 6.45) is 2.54. The zero-order chi connectivity index (χ0) is 14.4. The fourth-order valence-electron chi connectivity index (χ4n) is 2.70. The van der Waals surface area contributed by atoms with E-state index in [1.807, 2.05) is 0 Å². The van der Waals surface area contributed by atoms with Gasteiger partial charge in [0.05, 0.1) is 6.54 Å². The Morgan fingerprint density at radius 2 is 2.05 bits per heavy atom. The molecule has 1 aromatic heterocycles. The van der Waals surface area contributed by atoms with E-state index in [1.165, 1.54) is 12.8 Å². The van der Waals surface area contributed by atoms with Crippen LogP contribution >= 0.6 is 0 Å². The van der Waals surface area contributed by atoms with Crippen LogP contribution in [-0.4, -0.2) is 59.3 Å². The van der Waals surface area contributed by atoms with Crippen molar-refractivity contribution in [2.75, 3.05) is 33.3 Å². The molecular formula is C14H26N4O2. The first kappa shape index (κ1) is 15.4. The lowest BCUT2D eigenvalue weighted by Gasteiger charge is -2.37. The minimum absolute atomic E-state index is 0.409. The molecule has 6 heteroatoms. The van der Waals surface area contributed by atoms with E-state index in [-0.39, 0.29) is 0 Å². The highest BCUT2D eigenvalue weighted by atomic mass is 16.5. The standard InChI is InChI=1S/C14H26N4O2/c1-4-5-12(2)18-8-6-17(7-9-18)10-14-15-13(11-19-3)16-20-14/h12H,4-11H2,1-3H3/t12-/m0/s1. The summed E-state index contributed by atoms with van der Waals surface area (Å²) >= 11 is 0. The summed E-state index contributed by atoms with van der Waals surface area (Å²) in [5, 5.41) is 3.89. The molecule has 0 saturated carbocycles. The van der Waals surface area contributed by atoms with Crippen LogP contribution < -0.4 is 0 Å². The van der Waals surface area contributed by atoms with Crippen LogP contribution in [0.1, 0.15) is 38.4 Å². The van der Waals surface area contributed by atoms with Crippen LogP contribution in [0.15, 0.2) is 4.52 Å². The van der Waals surface area contributed by atoms with Crippen molar-refractivity contribution in [3.8, 4) is 0 Å². The number of nitrogens with zero attached hydrogens (tertiary/aromatic N) is 4. The van der Waals surface area contributed by atoms with E-state index in [9.17, 15) is 0 Å². The Morgan fingerprint density at radius 3 is 2.70 bits per heavy atom. The summed E-state index contributed by atoms with van der Waals surface area (Å²) in [6, 6.07) is 0.693. The molecule has 1 saturated heterocycles. The van der Waals surface area contributed by atoms with Crippen molar-refractivity contribution < 1.29 is 9.26 Å². The van der Waals surface area contributed by atoms with Gasteiger partial charge in [-0.15, -0.1) is 0 Å². The van der Waals surface area contributed by atoms with E-state index in [4.69, 9.17) is 9.26 Å². The van der Waals surface area contributed by atoms with E-state index < -0.39 is 0 Å². The molecule has 1 aromatic rings. The fourth-order valence-corrected chi connectivity index (χ4v) is 2.70. The molecule has 0 radical (unpaired) electrons. The second kappa shape index (κ2) is 7.71. The summed E-state index contributed by atoms with van der Waals surface area (Å²) in [6.45, 7) is 10.1. The van der Waals surface area contributed by atoms with Crippen LogP contribution in [0.4, 0.5) is 0 Å². The monoisotopic (exact) mass is 282 g/mol. The van der Waals surface area contributed by atoms with Crippen molar-refractivity contribution in [1.82, 2.24) is 19.9 Å². The maximum atomic E-state index is 5.24. The van der Waals surface area contributed by atoms with Crippen LogP contribution in [-0.2, 0) is 17.9 Å². The number of methoxy groups -OCH3 is 1. The second-order valence-electron chi connectivity index (χ2n) is 5.49. The van der Waals surface area contributed by atoms with Crippen LogP contribution in [0.2, 0.25) is 0 Å². The first-order valence-electron chi connectivity index (χ1n) is 7.49. The highest BCUT2D eigenvalue weighted by Gasteiger charge is 2.21. The number of rotatable bonds is 7. The summed E-state index contributed by atoms with van der Waals surface area (Å²) in [7, 11) is 1.63. The van der Waals surface area contributed by atoms with Gasteiger partial charge in [-0.3, -0.25) is 9.80 Å². The molecule has 0 amide bonds. The number of piperazine rings is 1. The van der Waals surface area contributed by atoms with Crippen molar-refractivity contribution in [2.24, 2.45) is 0 Å². The Bertz CT molecular complexity index is 388. The predicted octanol–water partition coefficient (Wildman–Crippen LogP) is 1.52. The van der Waals surface area contributed by atoms with E-state index >= 15 is 0 Å². The Hall–Kier alpha value is -0.980. The van der Waals surface area contributed by atoms with Gasteiger partial charge in [0.2, 0.25) is 5.89 Å². The predicted molar refractivity (Wildman–Crippen MR) is 76.2 cm³/mol. The average molecular weight is 282 g/mol. The van der Waals surface area contributed by atoms with Crippen LogP contribution in [0.3, 0.4) is 0 Å². The number of hydrogen-bond donors (Lipinski definition) is 0. The van der Waals surface area contributed by atoms with Gasteiger partial charge in [-0.1, -0.05) is 18.5 Å². The number of ether oxygens (including phenoxy) is 1. The molecule has 2 heterocycles. The highest BCUT2D eigenvalue weighted by molar-refractivity contribution is 4.86. The fraction of sp³-hybridized carbons (Fsp3) is 0.857. The van der Waals surface area contributed by atoms with Gasteiger partial charge in [-0.25, -0.2) is 0 Å². The minimum Gasteiger partial charge on any atom is -0.377 e. The lowest BCUT2D eigenvalue weighted by molar-refractivity contribution is 0.0873. The lowest BCUT2D eigenvalue weighted by Crippen LogP contribution is -2.49. The molecule has 20 heavy (non-hydrogen) atoms. The molecule has 0 bridgehead atoms. The van der Waals surface area contributed by atoms with Crippen molar-refractivity contribution >= 4 is 0 Å². The molecular weight excluding hydrogens is 256 g/mol. The normalized spacial score (nSPS) is 19.4. The Balaban J connectivity index is 1.76. The average Bonchev–Trinajstić information content (AvgIpc) is 2.88. The summed E-state index contributed by atoms with van der Waals surface area (Å²) in [4.78, 5) is 9.27. The highest BCUT2D eigenvalue weighted by Crippen LogP contribution is 2.12. The van der Waals surface area contributed by atoms with Crippen LogP contribution in [0.5, 0.6) is 0 Å².